The lowest BCUT2D eigenvalue weighted by Gasteiger charge is -2.19. The summed E-state index contributed by atoms with van der Waals surface area (Å²) in [7, 11) is 0. The number of hydrogen-bond donors (Lipinski definition) is 0. The first kappa shape index (κ1) is 10.8. The van der Waals surface area contributed by atoms with Crippen molar-refractivity contribution in [2.45, 2.75) is 32.1 Å². The van der Waals surface area contributed by atoms with Crippen molar-refractivity contribution in [2.24, 2.45) is 0 Å². The van der Waals surface area contributed by atoms with Crippen LogP contribution in [0.5, 0.6) is 0 Å². The fraction of sp³-hybridized carbons (Fsp3) is 0.636. The highest BCUT2D eigenvalue weighted by Gasteiger charge is 2.19. The molecule has 0 saturated carbocycles. The van der Waals surface area contributed by atoms with Crippen molar-refractivity contribution in [3.63, 3.8) is 0 Å². The van der Waals surface area contributed by atoms with Crippen LogP contribution >= 0.6 is 11.3 Å². The molecule has 2 heterocycles. The number of ketones is 1. The predicted molar refractivity (Wildman–Crippen MR) is 59.3 cm³/mol. The van der Waals surface area contributed by atoms with E-state index in [9.17, 15) is 4.79 Å². The molecule has 1 fully saturated rings. The van der Waals surface area contributed by atoms with Gasteiger partial charge in [-0.1, -0.05) is 0 Å². The van der Waals surface area contributed by atoms with Gasteiger partial charge in [0.1, 0.15) is 5.78 Å². The summed E-state index contributed by atoms with van der Waals surface area (Å²) in [6.07, 6.45) is 4.63. The number of Topliss-reactive ketones (excluding diaryl/α,β-unsaturated/α-hetero) is 1. The Morgan fingerprint density at radius 1 is 1.73 bits per heavy atom. The smallest absolute Gasteiger partial charge is 0.135 e. The predicted octanol–water partition coefficient (Wildman–Crippen LogP) is 2.17. The first-order valence-electron chi connectivity index (χ1n) is 5.27. The van der Waals surface area contributed by atoms with Gasteiger partial charge in [-0.25, -0.2) is 4.98 Å². The third-order valence-electron chi connectivity index (χ3n) is 2.50. The van der Waals surface area contributed by atoms with Gasteiger partial charge in [0.2, 0.25) is 0 Å². The molecule has 3 nitrogen and oxygen atoms in total. The van der Waals surface area contributed by atoms with Crippen LogP contribution in [0, 0.1) is 0 Å². The molecule has 1 unspecified atom stereocenters. The highest BCUT2D eigenvalue weighted by Crippen LogP contribution is 2.28. The summed E-state index contributed by atoms with van der Waals surface area (Å²) in [5.74, 6) is 0.648. The van der Waals surface area contributed by atoms with Crippen LogP contribution in [0.4, 0.5) is 0 Å². The van der Waals surface area contributed by atoms with Gasteiger partial charge >= 0.3 is 0 Å². The van der Waals surface area contributed by atoms with Crippen molar-refractivity contribution < 1.29 is 9.53 Å². The Kier molecular flexibility index (Phi) is 3.49. The topological polar surface area (TPSA) is 39.2 Å². The van der Waals surface area contributed by atoms with E-state index in [1.54, 1.807) is 18.3 Å². The minimum atomic E-state index is 0.199. The molecule has 82 valence electrons. The van der Waals surface area contributed by atoms with Crippen LogP contribution < -0.4 is 0 Å². The van der Waals surface area contributed by atoms with Crippen molar-refractivity contribution in [2.75, 3.05) is 13.2 Å². The van der Waals surface area contributed by atoms with Crippen LogP contribution in [-0.2, 0) is 16.0 Å². The molecule has 0 amide bonds. The van der Waals surface area contributed by atoms with E-state index in [2.05, 4.69) is 4.98 Å². The largest absolute Gasteiger partial charge is 0.381 e. The Bertz CT molecular complexity index is 342. The Balaban J connectivity index is 2.02. The number of rotatable bonds is 3. The number of thiazole rings is 1. The van der Waals surface area contributed by atoms with Crippen molar-refractivity contribution in [3.05, 3.63) is 16.1 Å². The summed E-state index contributed by atoms with van der Waals surface area (Å²) in [4.78, 5) is 16.4. The van der Waals surface area contributed by atoms with Gasteiger partial charge in [-0.15, -0.1) is 11.3 Å². The van der Waals surface area contributed by atoms with Crippen LogP contribution in [0.3, 0.4) is 0 Å². The maximum atomic E-state index is 11.0. The lowest BCUT2D eigenvalue weighted by molar-refractivity contribution is -0.116. The van der Waals surface area contributed by atoms with E-state index in [4.69, 9.17) is 4.74 Å². The molecule has 1 saturated heterocycles. The van der Waals surface area contributed by atoms with Crippen LogP contribution in [0.25, 0.3) is 0 Å². The quantitative estimate of drug-likeness (QED) is 0.791. The number of carbonyl (C=O) groups is 1. The second-order valence-electron chi connectivity index (χ2n) is 3.96. The van der Waals surface area contributed by atoms with Crippen LogP contribution in [0.2, 0.25) is 0 Å². The normalized spacial score (nSPS) is 21.5. The summed E-state index contributed by atoms with van der Waals surface area (Å²) >= 11 is 1.66. The Morgan fingerprint density at radius 2 is 2.60 bits per heavy atom. The second-order valence-corrected chi connectivity index (χ2v) is 5.10. The first-order chi connectivity index (χ1) is 7.25. The highest BCUT2D eigenvalue weighted by molar-refractivity contribution is 7.11. The van der Waals surface area contributed by atoms with E-state index in [-0.39, 0.29) is 5.78 Å². The SMILES string of the molecule is CC(=O)Cc1cnc(C2CCCOC2)s1. The van der Waals surface area contributed by atoms with Gasteiger partial charge in [0, 0.05) is 30.0 Å². The van der Waals surface area contributed by atoms with Gasteiger partial charge in [-0.2, -0.15) is 0 Å². The number of nitrogens with zero attached hydrogens (tertiary/aromatic N) is 1. The van der Waals surface area contributed by atoms with Crippen molar-refractivity contribution >= 4 is 17.1 Å². The fourth-order valence-electron chi connectivity index (χ4n) is 1.77. The minimum absolute atomic E-state index is 0.199. The van der Waals surface area contributed by atoms with Crippen molar-refractivity contribution in [1.82, 2.24) is 4.98 Å². The Labute approximate surface area is 93.5 Å². The highest BCUT2D eigenvalue weighted by atomic mass is 32.1. The minimum Gasteiger partial charge on any atom is -0.381 e. The molecule has 0 radical (unpaired) electrons. The Hall–Kier alpha value is -0.740. The second kappa shape index (κ2) is 4.86. The molecule has 0 aliphatic carbocycles. The molecule has 1 aliphatic rings. The molecule has 1 aliphatic heterocycles. The molecule has 0 bridgehead atoms. The summed E-state index contributed by atoms with van der Waals surface area (Å²) in [6.45, 7) is 3.28. The standard InChI is InChI=1S/C11H15NO2S/c1-8(13)5-10-6-12-11(15-10)9-3-2-4-14-7-9/h6,9H,2-5,7H2,1H3. The van der Waals surface area contributed by atoms with Gasteiger partial charge in [0.15, 0.2) is 0 Å². The summed E-state index contributed by atoms with van der Waals surface area (Å²) in [5, 5.41) is 1.13. The molecule has 4 heteroatoms. The molecule has 0 spiro atoms. The molecular formula is C11H15NO2S. The lowest BCUT2D eigenvalue weighted by atomic mass is 10.0. The fourth-order valence-corrected chi connectivity index (χ4v) is 2.88. The van der Waals surface area contributed by atoms with Crippen molar-refractivity contribution in [1.29, 1.82) is 0 Å². The summed E-state index contributed by atoms with van der Waals surface area (Å²) < 4.78 is 5.43. The van der Waals surface area contributed by atoms with E-state index in [0.29, 0.717) is 12.3 Å². The molecule has 0 aromatic carbocycles. The van der Waals surface area contributed by atoms with Gasteiger partial charge in [-0.3, -0.25) is 4.79 Å². The first-order valence-corrected chi connectivity index (χ1v) is 6.09. The number of ether oxygens (including phenoxy) is 1. The van der Waals surface area contributed by atoms with Crippen LogP contribution in [0.15, 0.2) is 6.20 Å². The molecule has 15 heavy (non-hydrogen) atoms. The van der Waals surface area contributed by atoms with E-state index in [1.165, 1.54) is 0 Å². The van der Waals surface area contributed by atoms with Gasteiger partial charge < -0.3 is 4.74 Å². The monoisotopic (exact) mass is 225 g/mol. The maximum Gasteiger partial charge on any atom is 0.135 e. The van der Waals surface area contributed by atoms with E-state index in [1.807, 2.05) is 6.20 Å². The lowest BCUT2D eigenvalue weighted by Crippen LogP contribution is -2.15. The average Bonchev–Trinajstić information content (AvgIpc) is 2.67. The molecule has 1 atom stereocenters. The number of hydrogen-bond acceptors (Lipinski definition) is 4. The zero-order valence-corrected chi connectivity index (χ0v) is 9.68. The van der Waals surface area contributed by atoms with Crippen LogP contribution in [0.1, 0.15) is 35.6 Å². The molecule has 1 aromatic heterocycles. The molecular weight excluding hydrogens is 210 g/mol. The van der Waals surface area contributed by atoms with Crippen LogP contribution in [-0.4, -0.2) is 24.0 Å². The van der Waals surface area contributed by atoms with Crippen molar-refractivity contribution in [3.8, 4) is 0 Å². The third-order valence-corrected chi connectivity index (χ3v) is 3.66. The summed E-state index contributed by atoms with van der Waals surface area (Å²) in [6, 6.07) is 0. The molecule has 2 rings (SSSR count). The van der Waals surface area contributed by atoms with Gasteiger partial charge in [0.25, 0.3) is 0 Å². The average molecular weight is 225 g/mol. The van der Waals surface area contributed by atoms with E-state index in [0.717, 1.165) is 35.9 Å². The number of carbonyl (C=O) groups excluding carboxylic acids is 1. The number of aromatic nitrogens is 1. The van der Waals surface area contributed by atoms with Gasteiger partial charge in [-0.05, 0) is 19.8 Å². The van der Waals surface area contributed by atoms with E-state index < -0.39 is 0 Å². The zero-order chi connectivity index (χ0) is 10.7. The van der Waals surface area contributed by atoms with Gasteiger partial charge in [0.05, 0.1) is 11.6 Å². The Morgan fingerprint density at radius 3 is 3.27 bits per heavy atom. The third kappa shape index (κ3) is 2.86. The molecule has 0 N–H and O–H groups in total. The zero-order valence-electron chi connectivity index (χ0n) is 8.86. The summed E-state index contributed by atoms with van der Waals surface area (Å²) in [5.41, 5.74) is 0. The maximum absolute atomic E-state index is 11.0. The van der Waals surface area contributed by atoms with E-state index >= 15 is 0 Å². The molecule has 1 aromatic rings.